The van der Waals surface area contributed by atoms with Crippen LogP contribution in [0.2, 0.25) is 0 Å². The Bertz CT molecular complexity index is 548. The maximum absolute atomic E-state index is 10.4. The summed E-state index contributed by atoms with van der Waals surface area (Å²) < 4.78 is 21.1. The number of aliphatic hydroxyl groups excluding tert-OH is 1. The van der Waals surface area contributed by atoms with Crippen molar-refractivity contribution in [3.05, 3.63) is 41.9 Å². The van der Waals surface area contributed by atoms with E-state index in [9.17, 15) is 5.11 Å². The number of hydrogen-bond acceptors (Lipinski definition) is 5. The van der Waals surface area contributed by atoms with Crippen molar-refractivity contribution in [1.29, 1.82) is 0 Å². The van der Waals surface area contributed by atoms with E-state index in [1.807, 2.05) is 6.07 Å². The standard InChI is InChI=1S/C15H18O5/c1-17-13-7-6-11(14(18-2)15(13)19-3)12(16)9-10-5-4-8-20-10/h4-8,12,16H,9H2,1-3H3. The Hall–Kier alpha value is -2.14. The first-order valence-corrected chi connectivity index (χ1v) is 6.20. The highest BCUT2D eigenvalue weighted by Crippen LogP contribution is 2.42. The Kier molecular flexibility index (Phi) is 4.53. The average molecular weight is 278 g/mol. The largest absolute Gasteiger partial charge is 0.493 e. The molecule has 0 amide bonds. The van der Waals surface area contributed by atoms with Crippen molar-refractivity contribution >= 4 is 0 Å². The summed E-state index contributed by atoms with van der Waals surface area (Å²) in [6, 6.07) is 7.10. The van der Waals surface area contributed by atoms with E-state index in [0.29, 0.717) is 35.0 Å². The van der Waals surface area contributed by atoms with Gasteiger partial charge >= 0.3 is 0 Å². The molecule has 1 heterocycles. The predicted molar refractivity (Wildman–Crippen MR) is 73.5 cm³/mol. The first kappa shape index (κ1) is 14.3. The fraction of sp³-hybridized carbons (Fsp3) is 0.333. The summed E-state index contributed by atoms with van der Waals surface area (Å²) in [5.41, 5.74) is 0.626. The molecule has 2 aromatic rings. The lowest BCUT2D eigenvalue weighted by molar-refractivity contribution is 0.165. The number of furan rings is 1. The van der Waals surface area contributed by atoms with Crippen molar-refractivity contribution in [2.45, 2.75) is 12.5 Å². The third kappa shape index (κ3) is 2.72. The summed E-state index contributed by atoms with van der Waals surface area (Å²) in [7, 11) is 4.61. The average Bonchev–Trinajstić information content (AvgIpc) is 2.98. The zero-order chi connectivity index (χ0) is 14.5. The smallest absolute Gasteiger partial charge is 0.203 e. The van der Waals surface area contributed by atoms with E-state index in [-0.39, 0.29) is 0 Å². The van der Waals surface area contributed by atoms with Gasteiger partial charge in [0, 0.05) is 12.0 Å². The van der Waals surface area contributed by atoms with Gasteiger partial charge in [0.15, 0.2) is 11.5 Å². The Morgan fingerprint density at radius 2 is 1.80 bits per heavy atom. The molecule has 0 aliphatic carbocycles. The lowest BCUT2D eigenvalue weighted by atomic mass is 10.0. The van der Waals surface area contributed by atoms with Crippen molar-refractivity contribution in [2.75, 3.05) is 21.3 Å². The van der Waals surface area contributed by atoms with Gasteiger partial charge in [-0.05, 0) is 24.3 Å². The van der Waals surface area contributed by atoms with E-state index in [0.717, 1.165) is 0 Å². The summed E-state index contributed by atoms with van der Waals surface area (Å²) in [6.45, 7) is 0. The van der Waals surface area contributed by atoms with Gasteiger partial charge in [-0.25, -0.2) is 0 Å². The molecule has 2 rings (SSSR count). The third-order valence-electron chi connectivity index (χ3n) is 3.07. The molecule has 0 bridgehead atoms. The lowest BCUT2D eigenvalue weighted by Crippen LogP contribution is -2.05. The highest BCUT2D eigenvalue weighted by molar-refractivity contribution is 5.56. The maximum Gasteiger partial charge on any atom is 0.203 e. The summed E-state index contributed by atoms with van der Waals surface area (Å²) in [6.07, 6.45) is 1.18. The highest BCUT2D eigenvalue weighted by atomic mass is 16.5. The summed E-state index contributed by atoms with van der Waals surface area (Å²) in [4.78, 5) is 0. The topological polar surface area (TPSA) is 61.1 Å². The van der Waals surface area contributed by atoms with Crippen molar-refractivity contribution in [2.24, 2.45) is 0 Å². The van der Waals surface area contributed by atoms with Crippen LogP contribution in [0.4, 0.5) is 0 Å². The fourth-order valence-corrected chi connectivity index (χ4v) is 2.12. The Balaban J connectivity index is 2.35. The molecule has 0 saturated carbocycles. The van der Waals surface area contributed by atoms with Gasteiger partial charge < -0.3 is 23.7 Å². The number of methoxy groups -OCH3 is 3. The molecular formula is C15H18O5. The van der Waals surface area contributed by atoms with Gasteiger partial charge in [-0.3, -0.25) is 0 Å². The van der Waals surface area contributed by atoms with Crippen LogP contribution < -0.4 is 14.2 Å². The van der Waals surface area contributed by atoms with Gasteiger partial charge in [-0.15, -0.1) is 0 Å². The Morgan fingerprint density at radius 1 is 1.05 bits per heavy atom. The monoisotopic (exact) mass is 278 g/mol. The molecule has 1 aromatic heterocycles. The van der Waals surface area contributed by atoms with Crippen LogP contribution in [0.15, 0.2) is 34.9 Å². The van der Waals surface area contributed by atoms with Gasteiger partial charge in [0.2, 0.25) is 5.75 Å². The predicted octanol–water partition coefficient (Wildman–Crippen LogP) is 2.58. The second kappa shape index (κ2) is 6.34. The third-order valence-corrected chi connectivity index (χ3v) is 3.07. The summed E-state index contributed by atoms with van der Waals surface area (Å²) in [5, 5.41) is 10.4. The first-order chi connectivity index (χ1) is 9.71. The lowest BCUT2D eigenvalue weighted by Gasteiger charge is -2.18. The fourth-order valence-electron chi connectivity index (χ4n) is 2.12. The molecule has 5 nitrogen and oxygen atoms in total. The molecule has 20 heavy (non-hydrogen) atoms. The van der Waals surface area contributed by atoms with Crippen LogP contribution in [-0.2, 0) is 6.42 Å². The molecule has 0 aliphatic heterocycles. The van der Waals surface area contributed by atoms with Crippen molar-refractivity contribution in [1.82, 2.24) is 0 Å². The molecule has 5 heteroatoms. The molecular weight excluding hydrogens is 260 g/mol. The molecule has 0 spiro atoms. The normalized spacial score (nSPS) is 12.0. The maximum atomic E-state index is 10.4. The van der Waals surface area contributed by atoms with Gasteiger partial charge in [-0.2, -0.15) is 0 Å². The second-order valence-corrected chi connectivity index (χ2v) is 4.22. The van der Waals surface area contributed by atoms with Crippen molar-refractivity contribution in [3.8, 4) is 17.2 Å². The second-order valence-electron chi connectivity index (χ2n) is 4.22. The van der Waals surface area contributed by atoms with Crippen molar-refractivity contribution in [3.63, 3.8) is 0 Å². The van der Waals surface area contributed by atoms with E-state index in [1.165, 1.54) is 14.2 Å². The van der Waals surface area contributed by atoms with Gasteiger partial charge in [-0.1, -0.05) is 0 Å². The molecule has 0 aliphatic rings. The minimum atomic E-state index is -0.754. The van der Waals surface area contributed by atoms with Crippen molar-refractivity contribution < 1.29 is 23.7 Å². The molecule has 1 unspecified atom stereocenters. The molecule has 108 valence electrons. The van der Waals surface area contributed by atoms with Gasteiger partial charge in [0.25, 0.3) is 0 Å². The summed E-state index contributed by atoms with van der Waals surface area (Å²) >= 11 is 0. The molecule has 0 saturated heterocycles. The van der Waals surface area contributed by atoms with Crippen LogP contribution in [0.5, 0.6) is 17.2 Å². The van der Waals surface area contributed by atoms with Crippen LogP contribution >= 0.6 is 0 Å². The molecule has 1 aromatic carbocycles. The van der Waals surface area contributed by atoms with E-state index in [2.05, 4.69) is 0 Å². The minimum Gasteiger partial charge on any atom is -0.493 e. The van der Waals surface area contributed by atoms with E-state index < -0.39 is 6.10 Å². The van der Waals surface area contributed by atoms with Crippen LogP contribution in [0.1, 0.15) is 17.4 Å². The number of aliphatic hydroxyl groups is 1. The minimum absolute atomic E-state index is 0.360. The number of ether oxygens (including phenoxy) is 3. The molecule has 1 N–H and O–H groups in total. The molecule has 0 fully saturated rings. The van der Waals surface area contributed by atoms with Crippen LogP contribution in [0.3, 0.4) is 0 Å². The number of rotatable bonds is 6. The first-order valence-electron chi connectivity index (χ1n) is 6.20. The highest BCUT2D eigenvalue weighted by Gasteiger charge is 2.21. The Labute approximate surface area is 117 Å². The SMILES string of the molecule is COc1ccc(C(O)Cc2ccco2)c(OC)c1OC. The van der Waals surface area contributed by atoms with E-state index in [1.54, 1.807) is 31.6 Å². The van der Waals surface area contributed by atoms with Gasteiger partial charge in [0.05, 0.1) is 33.7 Å². The number of benzene rings is 1. The van der Waals surface area contributed by atoms with Crippen LogP contribution in [-0.4, -0.2) is 26.4 Å². The molecule has 0 radical (unpaired) electrons. The van der Waals surface area contributed by atoms with E-state index >= 15 is 0 Å². The van der Waals surface area contributed by atoms with Gasteiger partial charge in [0.1, 0.15) is 5.76 Å². The number of hydrogen-bond donors (Lipinski definition) is 1. The zero-order valence-corrected chi connectivity index (χ0v) is 11.8. The quantitative estimate of drug-likeness (QED) is 0.880. The zero-order valence-electron chi connectivity index (χ0n) is 11.8. The molecule has 1 atom stereocenters. The van der Waals surface area contributed by atoms with E-state index in [4.69, 9.17) is 18.6 Å². The summed E-state index contributed by atoms with van der Waals surface area (Å²) in [5.74, 6) is 2.18. The Morgan fingerprint density at radius 3 is 2.35 bits per heavy atom. The van der Waals surface area contributed by atoms with Crippen LogP contribution in [0.25, 0.3) is 0 Å². The van der Waals surface area contributed by atoms with Crippen LogP contribution in [0, 0.1) is 0 Å².